The minimum atomic E-state index is -0.226. The van der Waals surface area contributed by atoms with Gasteiger partial charge in [0.05, 0.1) is 10.1 Å². The highest BCUT2D eigenvalue weighted by Crippen LogP contribution is 2.27. The molecule has 0 aromatic heterocycles. The van der Waals surface area contributed by atoms with Gasteiger partial charge in [0, 0.05) is 13.2 Å². The monoisotopic (exact) mass is 331 g/mol. The van der Waals surface area contributed by atoms with E-state index in [9.17, 15) is 4.39 Å². The van der Waals surface area contributed by atoms with Crippen LogP contribution in [0.3, 0.4) is 0 Å². The molecule has 1 unspecified atom stereocenters. The largest absolute Gasteiger partial charge is 0.379 e. The Balaban J connectivity index is 2.79. The molecule has 0 saturated carbocycles. The van der Waals surface area contributed by atoms with Gasteiger partial charge in [-0.25, -0.2) is 4.39 Å². The van der Waals surface area contributed by atoms with Gasteiger partial charge in [0.2, 0.25) is 0 Å². The molecule has 1 aromatic carbocycles. The summed E-state index contributed by atoms with van der Waals surface area (Å²) in [5, 5.41) is 3.44. The zero-order valence-corrected chi connectivity index (χ0v) is 13.7. The molecule has 1 atom stereocenters. The van der Waals surface area contributed by atoms with E-state index in [-0.39, 0.29) is 17.5 Å². The summed E-state index contributed by atoms with van der Waals surface area (Å²) >= 11 is 3.24. The van der Waals surface area contributed by atoms with E-state index in [2.05, 4.69) is 42.0 Å². The summed E-state index contributed by atoms with van der Waals surface area (Å²) in [6, 6.07) is 5.41. The van der Waals surface area contributed by atoms with E-state index >= 15 is 0 Å². The first-order valence-electron chi connectivity index (χ1n) is 6.63. The Morgan fingerprint density at radius 3 is 2.63 bits per heavy atom. The summed E-state index contributed by atoms with van der Waals surface area (Å²) in [4.78, 5) is 0. The first-order valence-corrected chi connectivity index (χ1v) is 7.42. The van der Waals surface area contributed by atoms with E-state index < -0.39 is 0 Å². The maximum absolute atomic E-state index is 13.3. The molecule has 0 radical (unpaired) electrons. The topological polar surface area (TPSA) is 21.3 Å². The van der Waals surface area contributed by atoms with Crippen LogP contribution in [-0.2, 0) is 4.74 Å². The van der Waals surface area contributed by atoms with Crippen LogP contribution in [0.5, 0.6) is 0 Å². The number of halogens is 2. The Bertz CT molecular complexity index is 409. The fourth-order valence-electron chi connectivity index (χ4n) is 1.96. The fourth-order valence-corrected chi connectivity index (χ4v) is 2.35. The molecule has 19 heavy (non-hydrogen) atoms. The molecule has 2 nitrogen and oxygen atoms in total. The average molecular weight is 332 g/mol. The van der Waals surface area contributed by atoms with Gasteiger partial charge in [0.15, 0.2) is 0 Å². The third kappa shape index (κ3) is 5.21. The number of benzene rings is 1. The van der Waals surface area contributed by atoms with Gasteiger partial charge in [0.25, 0.3) is 0 Å². The van der Waals surface area contributed by atoms with Gasteiger partial charge in [-0.1, -0.05) is 13.0 Å². The second kappa shape index (κ2) is 7.36. The molecule has 1 rings (SSSR count). The highest BCUT2D eigenvalue weighted by Gasteiger charge is 2.20. The van der Waals surface area contributed by atoms with Crippen LogP contribution in [0.15, 0.2) is 22.7 Å². The van der Waals surface area contributed by atoms with Crippen molar-refractivity contribution in [1.82, 2.24) is 5.32 Å². The number of hydrogen-bond acceptors (Lipinski definition) is 2. The fraction of sp³-hybridized carbons (Fsp3) is 0.600. The molecule has 1 aromatic rings. The van der Waals surface area contributed by atoms with Gasteiger partial charge in [0.1, 0.15) is 5.82 Å². The van der Waals surface area contributed by atoms with Crippen molar-refractivity contribution in [3.8, 4) is 0 Å². The lowest BCUT2D eigenvalue weighted by molar-refractivity contribution is 0.0117. The molecule has 1 N–H and O–H groups in total. The number of nitrogens with one attached hydrogen (secondary N) is 1. The van der Waals surface area contributed by atoms with Crippen molar-refractivity contribution in [2.45, 2.75) is 45.3 Å². The molecule has 0 bridgehead atoms. The Morgan fingerprint density at radius 2 is 2.11 bits per heavy atom. The van der Waals surface area contributed by atoms with Gasteiger partial charge >= 0.3 is 0 Å². The van der Waals surface area contributed by atoms with Gasteiger partial charge < -0.3 is 10.1 Å². The van der Waals surface area contributed by atoms with Crippen LogP contribution in [0, 0.1) is 5.82 Å². The van der Waals surface area contributed by atoms with E-state index in [0.717, 1.165) is 24.9 Å². The second-order valence-electron chi connectivity index (χ2n) is 5.29. The number of hydrogen-bond donors (Lipinski definition) is 1. The summed E-state index contributed by atoms with van der Waals surface area (Å²) in [5.41, 5.74) is 0.965. The first-order chi connectivity index (χ1) is 8.89. The smallest absolute Gasteiger partial charge is 0.137 e. The van der Waals surface area contributed by atoms with Crippen LogP contribution in [0.2, 0.25) is 0 Å². The van der Waals surface area contributed by atoms with Gasteiger partial charge in [-0.05, 0) is 66.9 Å². The SMILES string of the molecule is CCNC(CCC(C)(C)OC)c1ccc(F)c(Br)c1. The molecule has 0 heterocycles. The summed E-state index contributed by atoms with van der Waals surface area (Å²) in [5.74, 6) is -0.226. The van der Waals surface area contributed by atoms with Crippen molar-refractivity contribution in [1.29, 1.82) is 0 Å². The molecule has 0 saturated heterocycles. The minimum absolute atomic E-state index is 0.134. The zero-order chi connectivity index (χ0) is 14.5. The lowest BCUT2D eigenvalue weighted by atomic mass is 9.95. The van der Waals surface area contributed by atoms with Crippen LogP contribution >= 0.6 is 15.9 Å². The average Bonchev–Trinajstić information content (AvgIpc) is 2.38. The maximum Gasteiger partial charge on any atom is 0.137 e. The highest BCUT2D eigenvalue weighted by molar-refractivity contribution is 9.10. The quantitative estimate of drug-likeness (QED) is 0.797. The molecule has 0 fully saturated rings. The third-order valence-electron chi connectivity index (χ3n) is 3.38. The Labute approximate surface area is 123 Å². The molecule has 0 aliphatic rings. The molecular weight excluding hydrogens is 309 g/mol. The molecule has 0 aliphatic carbocycles. The van der Waals surface area contributed by atoms with Crippen molar-refractivity contribution >= 4 is 15.9 Å². The summed E-state index contributed by atoms with van der Waals surface area (Å²) in [6.45, 7) is 7.12. The summed E-state index contributed by atoms with van der Waals surface area (Å²) in [7, 11) is 1.73. The normalized spacial score (nSPS) is 13.6. The van der Waals surface area contributed by atoms with Gasteiger partial charge in [-0.2, -0.15) is 0 Å². The maximum atomic E-state index is 13.3. The van der Waals surface area contributed by atoms with E-state index in [0.29, 0.717) is 4.47 Å². The van der Waals surface area contributed by atoms with Crippen LogP contribution in [0.1, 0.15) is 45.2 Å². The number of methoxy groups -OCH3 is 1. The Kier molecular flexibility index (Phi) is 6.43. The van der Waals surface area contributed by atoms with Crippen molar-refractivity contribution < 1.29 is 9.13 Å². The Hall–Kier alpha value is -0.450. The zero-order valence-electron chi connectivity index (χ0n) is 12.1. The standard InChI is InChI=1S/C15H23BrFNO/c1-5-18-14(8-9-15(2,3)19-4)11-6-7-13(17)12(16)10-11/h6-7,10,14,18H,5,8-9H2,1-4H3. The predicted molar refractivity (Wildman–Crippen MR) is 80.8 cm³/mol. The van der Waals surface area contributed by atoms with E-state index in [1.54, 1.807) is 7.11 Å². The highest BCUT2D eigenvalue weighted by atomic mass is 79.9. The molecule has 0 aliphatic heterocycles. The van der Waals surface area contributed by atoms with Crippen molar-refractivity contribution in [2.24, 2.45) is 0 Å². The van der Waals surface area contributed by atoms with Gasteiger partial charge in [-0.15, -0.1) is 0 Å². The number of ether oxygens (including phenoxy) is 1. The van der Waals surface area contributed by atoms with Crippen LogP contribution in [0.25, 0.3) is 0 Å². The van der Waals surface area contributed by atoms with E-state index in [4.69, 9.17) is 4.74 Å². The summed E-state index contributed by atoms with van der Waals surface area (Å²) in [6.07, 6.45) is 1.89. The Morgan fingerprint density at radius 1 is 1.42 bits per heavy atom. The van der Waals surface area contributed by atoms with Crippen molar-refractivity contribution in [3.05, 3.63) is 34.1 Å². The molecule has 0 amide bonds. The van der Waals surface area contributed by atoms with Crippen LogP contribution in [0.4, 0.5) is 4.39 Å². The molecule has 0 spiro atoms. The molecular formula is C15H23BrFNO. The van der Waals surface area contributed by atoms with Gasteiger partial charge in [-0.3, -0.25) is 0 Å². The lowest BCUT2D eigenvalue weighted by Gasteiger charge is -2.26. The number of rotatable bonds is 7. The van der Waals surface area contributed by atoms with E-state index in [1.165, 1.54) is 6.07 Å². The summed E-state index contributed by atoms with van der Waals surface area (Å²) < 4.78 is 19.3. The van der Waals surface area contributed by atoms with Crippen LogP contribution in [-0.4, -0.2) is 19.3 Å². The lowest BCUT2D eigenvalue weighted by Crippen LogP contribution is -2.27. The molecule has 4 heteroatoms. The minimum Gasteiger partial charge on any atom is -0.379 e. The first kappa shape index (κ1) is 16.6. The second-order valence-corrected chi connectivity index (χ2v) is 6.14. The van der Waals surface area contributed by atoms with E-state index in [1.807, 2.05) is 12.1 Å². The predicted octanol–water partition coefficient (Wildman–Crippen LogP) is 4.44. The van der Waals surface area contributed by atoms with Crippen LogP contribution < -0.4 is 5.32 Å². The third-order valence-corrected chi connectivity index (χ3v) is 3.99. The molecule has 108 valence electrons. The van der Waals surface area contributed by atoms with Crippen molar-refractivity contribution in [3.63, 3.8) is 0 Å². The van der Waals surface area contributed by atoms with Crippen molar-refractivity contribution in [2.75, 3.05) is 13.7 Å².